The lowest BCUT2D eigenvalue weighted by atomic mass is 10.1. The Morgan fingerprint density at radius 2 is 2.00 bits per heavy atom. The van der Waals surface area contributed by atoms with E-state index in [9.17, 15) is 5.11 Å². The van der Waals surface area contributed by atoms with Crippen LogP contribution >= 0.6 is 0 Å². The third kappa shape index (κ3) is 1.90. The summed E-state index contributed by atoms with van der Waals surface area (Å²) >= 11 is 0. The molecular formula is C10H15NO3. The Balaban J connectivity index is 3.20. The molecule has 0 saturated heterocycles. The first kappa shape index (κ1) is 10.7. The average Bonchev–Trinajstić information content (AvgIpc) is 2.21. The van der Waals surface area contributed by atoms with E-state index in [1.54, 1.807) is 33.4 Å². The molecule has 0 aliphatic rings. The van der Waals surface area contributed by atoms with Crippen molar-refractivity contribution in [1.29, 1.82) is 0 Å². The summed E-state index contributed by atoms with van der Waals surface area (Å²) in [5, 5.41) is 12.6. The van der Waals surface area contributed by atoms with Crippen LogP contribution in [0.3, 0.4) is 0 Å². The van der Waals surface area contributed by atoms with Gasteiger partial charge in [-0.15, -0.1) is 0 Å². The summed E-state index contributed by atoms with van der Waals surface area (Å²) in [7, 11) is 4.92. The number of methoxy groups -OCH3 is 2. The van der Waals surface area contributed by atoms with Gasteiger partial charge in [0.25, 0.3) is 0 Å². The van der Waals surface area contributed by atoms with Crippen molar-refractivity contribution in [2.45, 2.75) is 6.54 Å². The normalized spacial score (nSPS) is 9.93. The van der Waals surface area contributed by atoms with Crippen LogP contribution < -0.4 is 14.8 Å². The SMILES string of the molecule is CNCc1c(O)ccc(OC)c1OC. The van der Waals surface area contributed by atoms with Gasteiger partial charge in [0.15, 0.2) is 11.5 Å². The summed E-state index contributed by atoms with van der Waals surface area (Å²) in [6, 6.07) is 3.27. The van der Waals surface area contributed by atoms with Crippen molar-refractivity contribution in [1.82, 2.24) is 5.32 Å². The van der Waals surface area contributed by atoms with Crippen molar-refractivity contribution >= 4 is 0 Å². The lowest BCUT2D eigenvalue weighted by Gasteiger charge is -2.13. The van der Waals surface area contributed by atoms with Gasteiger partial charge >= 0.3 is 0 Å². The maximum atomic E-state index is 9.60. The van der Waals surface area contributed by atoms with Crippen molar-refractivity contribution in [2.24, 2.45) is 0 Å². The molecule has 14 heavy (non-hydrogen) atoms. The zero-order chi connectivity index (χ0) is 10.6. The highest BCUT2D eigenvalue weighted by Gasteiger charge is 2.13. The van der Waals surface area contributed by atoms with Crippen LogP contribution in [0.25, 0.3) is 0 Å². The molecule has 0 radical (unpaired) electrons. The molecule has 0 bridgehead atoms. The highest BCUT2D eigenvalue weighted by molar-refractivity contribution is 5.53. The Morgan fingerprint density at radius 1 is 1.29 bits per heavy atom. The molecule has 0 spiro atoms. The molecule has 0 aromatic heterocycles. The molecule has 0 amide bonds. The summed E-state index contributed by atoms with van der Waals surface area (Å²) in [6.07, 6.45) is 0. The highest BCUT2D eigenvalue weighted by atomic mass is 16.5. The van der Waals surface area contributed by atoms with Gasteiger partial charge in [0, 0.05) is 6.54 Å². The number of phenolic OH excluding ortho intramolecular Hbond substituents is 1. The Hall–Kier alpha value is -1.42. The van der Waals surface area contributed by atoms with Gasteiger partial charge in [-0.2, -0.15) is 0 Å². The van der Waals surface area contributed by atoms with Gasteiger partial charge in [-0.25, -0.2) is 0 Å². The number of hydrogen-bond acceptors (Lipinski definition) is 4. The second kappa shape index (κ2) is 4.72. The third-order valence-electron chi connectivity index (χ3n) is 1.98. The summed E-state index contributed by atoms with van der Waals surface area (Å²) in [5.41, 5.74) is 0.703. The molecule has 0 heterocycles. The Labute approximate surface area is 83.5 Å². The summed E-state index contributed by atoms with van der Waals surface area (Å²) in [4.78, 5) is 0. The van der Waals surface area contributed by atoms with E-state index in [4.69, 9.17) is 9.47 Å². The predicted octanol–water partition coefficient (Wildman–Crippen LogP) is 1.13. The van der Waals surface area contributed by atoms with E-state index in [-0.39, 0.29) is 5.75 Å². The molecule has 1 aromatic carbocycles. The van der Waals surface area contributed by atoms with Crippen molar-refractivity contribution in [3.05, 3.63) is 17.7 Å². The minimum absolute atomic E-state index is 0.206. The number of phenols is 1. The largest absolute Gasteiger partial charge is 0.507 e. The van der Waals surface area contributed by atoms with Crippen LogP contribution in [0, 0.1) is 0 Å². The second-order valence-corrected chi connectivity index (χ2v) is 2.83. The van der Waals surface area contributed by atoms with Gasteiger partial charge in [-0.1, -0.05) is 0 Å². The number of aromatic hydroxyl groups is 1. The van der Waals surface area contributed by atoms with Crippen molar-refractivity contribution < 1.29 is 14.6 Å². The minimum Gasteiger partial charge on any atom is -0.507 e. The van der Waals surface area contributed by atoms with Gasteiger partial charge in [0.05, 0.1) is 19.8 Å². The Morgan fingerprint density at radius 3 is 2.50 bits per heavy atom. The van der Waals surface area contributed by atoms with Crippen LogP contribution in [0.15, 0.2) is 12.1 Å². The zero-order valence-electron chi connectivity index (χ0n) is 8.63. The number of rotatable bonds is 4. The first-order valence-electron chi connectivity index (χ1n) is 4.32. The van der Waals surface area contributed by atoms with Crippen LogP contribution in [0.2, 0.25) is 0 Å². The number of ether oxygens (including phenoxy) is 2. The number of hydrogen-bond donors (Lipinski definition) is 2. The summed E-state index contributed by atoms with van der Waals surface area (Å²) < 4.78 is 10.3. The molecule has 2 N–H and O–H groups in total. The zero-order valence-corrected chi connectivity index (χ0v) is 8.63. The smallest absolute Gasteiger partial charge is 0.168 e. The third-order valence-corrected chi connectivity index (χ3v) is 1.98. The molecule has 0 aliphatic carbocycles. The second-order valence-electron chi connectivity index (χ2n) is 2.83. The fraction of sp³-hybridized carbons (Fsp3) is 0.400. The van der Waals surface area contributed by atoms with Gasteiger partial charge in [-0.3, -0.25) is 0 Å². The van der Waals surface area contributed by atoms with Crippen molar-refractivity contribution in [2.75, 3.05) is 21.3 Å². The number of benzene rings is 1. The lowest BCUT2D eigenvalue weighted by molar-refractivity contribution is 0.346. The van der Waals surface area contributed by atoms with Crippen molar-refractivity contribution in [3.8, 4) is 17.2 Å². The molecule has 0 atom stereocenters. The lowest BCUT2D eigenvalue weighted by Crippen LogP contribution is -2.07. The quantitative estimate of drug-likeness (QED) is 0.759. The van der Waals surface area contributed by atoms with Crippen LogP contribution in [0.4, 0.5) is 0 Å². The molecule has 1 aromatic rings. The fourth-order valence-electron chi connectivity index (χ4n) is 1.33. The average molecular weight is 197 g/mol. The van der Waals surface area contributed by atoms with E-state index in [0.29, 0.717) is 23.6 Å². The molecular weight excluding hydrogens is 182 g/mol. The first-order valence-corrected chi connectivity index (χ1v) is 4.32. The topological polar surface area (TPSA) is 50.7 Å². The first-order chi connectivity index (χ1) is 6.74. The van der Waals surface area contributed by atoms with E-state index in [2.05, 4.69) is 5.32 Å². The molecule has 0 fully saturated rings. The van der Waals surface area contributed by atoms with E-state index in [0.717, 1.165) is 0 Å². The van der Waals surface area contributed by atoms with E-state index in [1.165, 1.54) is 0 Å². The Bertz CT molecular complexity index is 312. The fourth-order valence-corrected chi connectivity index (χ4v) is 1.33. The summed E-state index contributed by atoms with van der Waals surface area (Å²) in [6.45, 7) is 0.534. The van der Waals surface area contributed by atoms with Gasteiger partial charge in [0.2, 0.25) is 0 Å². The molecule has 78 valence electrons. The van der Waals surface area contributed by atoms with E-state index < -0.39 is 0 Å². The van der Waals surface area contributed by atoms with Gasteiger partial charge in [-0.05, 0) is 19.2 Å². The highest BCUT2D eigenvalue weighted by Crippen LogP contribution is 2.36. The maximum absolute atomic E-state index is 9.60. The molecule has 0 aliphatic heterocycles. The van der Waals surface area contributed by atoms with Crippen LogP contribution in [0.1, 0.15) is 5.56 Å². The van der Waals surface area contributed by atoms with Crippen molar-refractivity contribution in [3.63, 3.8) is 0 Å². The van der Waals surface area contributed by atoms with Crippen LogP contribution in [0.5, 0.6) is 17.2 Å². The molecule has 4 heteroatoms. The minimum atomic E-state index is 0.206. The maximum Gasteiger partial charge on any atom is 0.168 e. The van der Waals surface area contributed by atoms with Gasteiger partial charge in [0.1, 0.15) is 5.75 Å². The predicted molar refractivity (Wildman–Crippen MR) is 54.0 cm³/mol. The molecule has 0 unspecified atom stereocenters. The molecule has 4 nitrogen and oxygen atoms in total. The monoisotopic (exact) mass is 197 g/mol. The van der Waals surface area contributed by atoms with E-state index >= 15 is 0 Å². The van der Waals surface area contributed by atoms with E-state index in [1.807, 2.05) is 0 Å². The Kier molecular flexibility index (Phi) is 3.59. The molecule has 0 saturated carbocycles. The van der Waals surface area contributed by atoms with Crippen LogP contribution in [-0.2, 0) is 6.54 Å². The standard InChI is InChI=1S/C10H15NO3/c1-11-6-7-8(12)4-5-9(13-2)10(7)14-3/h4-5,11-12H,6H2,1-3H3. The van der Waals surface area contributed by atoms with Gasteiger partial charge < -0.3 is 19.9 Å². The molecule has 1 rings (SSSR count). The number of nitrogens with one attached hydrogen (secondary N) is 1. The van der Waals surface area contributed by atoms with Crippen LogP contribution in [-0.4, -0.2) is 26.4 Å². The summed E-state index contributed by atoms with van der Waals surface area (Å²) in [5.74, 6) is 1.40.